The minimum atomic E-state index is -1.62. The van der Waals surface area contributed by atoms with Crippen LogP contribution in [0.25, 0.3) is 0 Å². The van der Waals surface area contributed by atoms with Crippen molar-refractivity contribution in [2.75, 3.05) is 6.61 Å². The Labute approximate surface area is 238 Å². The Morgan fingerprint density at radius 2 is 1.22 bits per heavy atom. The van der Waals surface area contributed by atoms with Crippen LogP contribution in [-0.2, 0) is 23.7 Å². The van der Waals surface area contributed by atoms with E-state index >= 15 is 0 Å². The molecule has 16 unspecified atom stereocenters. The van der Waals surface area contributed by atoms with E-state index in [1.54, 1.807) is 6.92 Å². The third kappa shape index (κ3) is 6.61. The molecule has 238 valence electrons. The second-order valence-corrected chi connectivity index (χ2v) is 12.5. The largest absolute Gasteiger partial charge is 0.394 e. The number of fused-ring (bicyclic) bond motifs is 1. The van der Waals surface area contributed by atoms with Gasteiger partial charge in [-0.25, -0.2) is 0 Å². The summed E-state index contributed by atoms with van der Waals surface area (Å²) in [5.74, 6) is -0.364. The average molecular weight is 595 g/mol. The Balaban J connectivity index is 1.36. The van der Waals surface area contributed by atoms with Crippen LogP contribution < -0.4 is 0 Å². The van der Waals surface area contributed by atoms with Gasteiger partial charge in [-0.05, 0) is 51.4 Å². The van der Waals surface area contributed by atoms with Gasteiger partial charge in [-0.2, -0.15) is 0 Å². The summed E-state index contributed by atoms with van der Waals surface area (Å²) in [5.41, 5.74) is 0. The monoisotopic (exact) mass is 594 g/mol. The summed E-state index contributed by atoms with van der Waals surface area (Å²) in [6, 6.07) is 0. The summed E-state index contributed by atoms with van der Waals surface area (Å²) in [5, 5.41) is 92.4. The van der Waals surface area contributed by atoms with Crippen LogP contribution in [0.15, 0.2) is 0 Å². The normalized spacial score (nSPS) is 54.9. The highest BCUT2D eigenvalue weighted by Gasteiger charge is 2.53. The van der Waals surface area contributed by atoms with Crippen molar-refractivity contribution >= 4 is 0 Å². The van der Waals surface area contributed by atoms with Crippen molar-refractivity contribution in [3.8, 4) is 0 Å². The molecule has 0 amide bonds. The number of hydrogen-bond acceptors (Lipinski definition) is 14. The molecule has 2 aliphatic carbocycles. The highest BCUT2D eigenvalue weighted by molar-refractivity contribution is 4.99. The quantitative estimate of drug-likeness (QED) is 0.148. The van der Waals surface area contributed by atoms with Crippen molar-refractivity contribution in [2.45, 2.75) is 150 Å². The van der Waals surface area contributed by atoms with Crippen molar-refractivity contribution in [1.29, 1.82) is 0 Å². The van der Waals surface area contributed by atoms with E-state index in [1.165, 1.54) is 0 Å². The number of hydrogen-bond donors (Lipinski definition) is 9. The molecule has 3 saturated heterocycles. The van der Waals surface area contributed by atoms with E-state index in [0.29, 0.717) is 38.5 Å². The summed E-state index contributed by atoms with van der Waals surface area (Å²) in [6.45, 7) is 0.958. The lowest BCUT2D eigenvalue weighted by Crippen LogP contribution is -2.62. The molecule has 41 heavy (non-hydrogen) atoms. The zero-order chi connectivity index (χ0) is 29.6. The van der Waals surface area contributed by atoms with Gasteiger partial charge in [0.2, 0.25) is 0 Å². The summed E-state index contributed by atoms with van der Waals surface area (Å²) < 4.78 is 30.3. The first kappa shape index (κ1) is 31.9. The third-order valence-corrected chi connectivity index (χ3v) is 9.65. The zero-order valence-corrected chi connectivity index (χ0v) is 23.1. The predicted molar refractivity (Wildman–Crippen MR) is 136 cm³/mol. The molecule has 16 atom stereocenters. The zero-order valence-electron chi connectivity index (χ0n) is 23.1. The van der Waals surface area contributed by atoms with Gasteiger partial charge in [0.1, 0.15) is 42.7 Å². The minimum Gasteiger partial charge on any atom is -0.394 e. The molecule has 0 aromatic heterocycles. The van der Waals surface area contributed by atoms with Crippen LogP contribution in [0.2, 0.25) is 0 Å². The Hall–Kier alpha value is -0.560. The number of ether oxygens (including phenoxy) is 5. The van der Waals surface area contributed by atoms with Gasteiger partial charge in [0.05, 0.1) is 49.3 Å². The lowest BCUT2D eigenvalue weighted by molar-refractivity contribution is -0.342. The summed E-state index contributed by atoms with van der Waals surface area (Å²) in [7, 11) is 0. The maximum absolute atomic E-state index is 10.7. The first-order valence-electron chi connectivity index (χ1n) is 14.8. The Morgan fingerprint density at radius 3 is 1.88 bits per heavy atom. The lowest BCUT2D eigenvalue weighted by Gasteiger charge is -2.52. The van der Waals surface area contributed by atoms with Crippen molar-refractivity contribution in [3.05, 3.63) is 0 Å². The van der Waals surface area contributed by atoms with E-state index in [0.717, 1.165) is 0 Å². The molecule has 3 aliphatic heterocycles. The molecule has 0 radical (unpaired) electrons. The van der Waals surface area contributed by atoms with Crippen LogP contribution >= 0.6 is 0 Å². The van der Waals surface area contributed by atoms with E-state index in [9.17, 15) is 46.0 Å². The fourth-order valence-electron chi connectivity index (χ4n) is 7.16. The smallest absolute Gasteiger partial charge is 0.186 e. The average Bonchev–Trinajstić information content (AvgIpc) is 2.95. The Bertz CT molecular complexity index is 841. The second kappa shape index (κ2) is 13.2. The van der Waals surface area contributed by atoms with Gasteiger partial charge in [-0.3, -0.25) is 0 Å². The molecule has 0 spiro atoms. The summed E-state index contributed by atoms with van der Waals surface area (Å²) in [4.78, 5) is 0. The fourth-order valence-corrected chi connectivity index (χ4v) is 7.16. The van der Waals surface area contributed by atoms with Gasteiger partial charge in [0, 0.05) is 12.3 Å². The molecule has 5 aliphatic rings. The SMILES string of the molecule is CC1OC(OC2CC3C(OC4OC(CO)C(O)C(O)C4O)CC(O)CC3OC2C2CCC(O)CC2)C(O)C(O)C1O. The molecule has 5 fully saturated rings. The third-order valence-electron chi connectivity index (χ3n) is 9.65. The number of aliphatic hydroxyl groups is 9. The maximum atomic E-state index is 10.7. The van der Waals surface area contributed by atoms with Crippen molar-refractivity contribution in [3.63, 3.8) is 0 Å². The predicted octanol–water partition coefficient (Wildman–Crippen LogP) is -3.14. The van der Waals surface area contributed by atoms with E-state index < -0.39 is 105 Å². The van der Waals surface area contributed by atoms with Crippen LogP contribution in [0, 0.1) is 11.8 Å². The number of aliphatic hydroxyl groups excluding tert-OH is 9. The molecule has 14 nitrogen and oxygen atoms in total. The Kier molecular flexibility index (Phi) is 10.3. The summed E-state index contributed by atoms with van der Waals surface area (Å²) in [6.07, 6.45) is -13.7. The highest BCUT2D eigenvalue weighted by Crippen LogP contribution is 2.44. The van der Waals surface area contributed by atoms with Crippen molar-refractivity contribution in [2.24, 2.45) is 11.8 Å². The summed E-state index contributed by atoms with van der Waals surface area (Å²) >= 11 is 0. The van der Waals surface area contributed by atoms with E-state index in [1.807, 2.05) is 0 Å². The van der Waals surface area contributed by atoms with Crippen LogP contribution in [0.3, 0.4) is 0 Å². The first-order chi connectivity index (χ1) is 19.5. The van der Waals surface area contributed by atoms with Gasteiger partial charge in [-0.1, -0.05) is 0 Å². The fraction of sp³-hybridized carbons (Fsp3) is 1.00. The molecule has 0 aromatic carbocycles. The molecule has 2 saturated carbocycles. The van der Waals surface area contributed by atoms with Crippen molar-refractivity contribution < 1.29 is 69.6 Å². The molecular weight excluding hydrogens is 548 g/mol. The standard InChI is InChI=1S/C27H46O14/c1-10-19(31)21(33)23(35)26(37-10)40-17-8-14-15(38-25(17)11-2-4-12(29)5-3-11)6-13(30)7-16(14)39-27-24(36)22(34)20(32)18(9-28)41-27/h10-36H,2-9H2,1H3. The molecule has 3 heterocycles. The van der Waals surface area contributed by atoms with Crippen LogP contribution in [0.1, 0.15) is 51.9 Å². The van der Waals surface area contributed by atoms with Crippen LogP contribution in [0.5, 0.6) is 0 Å². The van der Waals surface area contributed by atoms with E-state index in [2.05, 4.69) is 0 Å². The van der Waals surface area contributed by atoms with Crippen LogP contribution in [0.4, 0.5) is 0 Å². The lowest BCUT2D eigenvalue weighted by atomic mass is 9.73. The van der Waals surface area contributed by atoms with Crippen molar-refractivity contribution in [1.82, 2.24) is 0 Å². The molecular formula is C27H46O14. The Morgan fingerprint density at radius 1 is 0.610 bits per heavy atom. The molecule has 0 bridgehead atoms. The van der Waals surface area contributed by atoms with Gasteiger partial charge in [-0.15, -0.1) is 0 Å². The molecule has 0 aromatic rings. The van der Waals surface area contributed by atoms with Gasteiger partial charge >= 0.3 is 0 Å². The van der Waals surface area contributed by atoms with E-state index in [-0.39, 0.29) is 18.3 Å². The molecule has 14 heteroatoms. The first-order valence-corrected chi connectivity index (χ1v) is 14.8. The molecule has 5 rings (SSSR count). The highest BCUT2D eigenvalue weighted by atomic mass is 16.7. The van der Waals surface area contributed by atoms with E-state index in [4.69, 9.17) is 23.7 Å². The molecule has 9 N–H and O–H groups in total. The maximum Gasteiger partial charge on any atom is 0.186 e. The number of rotatable bonds is 6. The van der Waals surface area contributed by atoms with Gasteiger partial charge in [0.25, 0.3) is 0 Å². The second-order valence-electron chi connectivity index (χ2n) is 12.5. The van der Waals surface area contributed by atoms with Gasteiger partial charge in [0.15, 0.2) is 12.6 Å². The van der Waals surface area contributed by atoms with Crippen LogP contribution in [-0.4, -0.2) is 151 Å². The topological polar surface area (TPSA) is 228 Å². The minimum absolute atomic E-state index is 0.0157. The van der Waals surface area contributed by atoms with Gasteiger partial charge < -0.3 is 69.6 Å².